The summed E-state index contributed by atoms with van der Waals surface area (Å²) < 4.78 is 56.7. The number of aromatic nitrogens is 4. The highest BCUT2D eigenvalue weighted by Crippen LogP contribution is 2.35. The van der Waals surface area contributed by atoms with Crippen molar-refractivity contribution in [1.82, 2.24) is 19.5 Å². The molecule has 3 aromatic heterocycles. The zero-order chi connectivity index (χ0) is 26.3. The van der Waals surface area contributed by atoms with Gasteiger partial charge in [-0.15, -0.1) is 0 Å². The Bertz CT molecular complexity index is 1500. The summed E-state index contributed by atoms with van der Waals surface area (Å²) in [4.78, 5) is 28.5. The molecule has 1 saturated heterocycles. The molecule has 37 heavy (non-hydrogen) atoms. The van der Waals surface area contributed by atoms with Gasteiger partial charge in [-0.25, -0.2) is 9.37 Å². The molecule has 1 aliphatic heterocycles. The summed E-state index contributed by atoms with van der Waals surface area (Å²) in [5.41, 5.74) is 1.72. The summed E-state index contributed by atoms with van der Waals surface area (Å²) in [7, 11) is 0. The van der Waals surface area contributed by atoms with E-state index in [9.17, 15) is 22.4 Å². The predicted octanol–water partition coefficient (Wildman–Crippen LogP) is 5.39. The number of halogens is 4. The third-order valence-electron chi connectivity index (χ3n) is 7.08. The Balaban J connectivity index is 1.55. The van der Waals surface area contributed by atoms with E-state index in [0.717, 1.165) is 11.6 Å². The lowest BCUT2D eigenvalue weighted by molar-refractivity contribution is -0.138. The number of fused-ring (bicyclic) bond motifs is 1. The highest BCUT2D eigenvalue weighted by Gasteiger charge is 2.35. The number of para-hydroxylation sites is 1. The van der Waals surface area contributed by atoms with Crippen LogP contribution < -0.4 is 10.5 Å². The number of rotatable bonds is 4. The highest BCUT2D eigenvalue weighted by atomic mass is 19.4. The maximum atomic E-state index is 14.5. The maximum Gasteiger partial charge on any atom is 0.418 e. The largest absolute Gasteiger partial charge is 0.418 e. The molecule has 1 aliphatic rings. The number of hydrogen-bond donors (Lipinski definition) is 0. The van der Waals surface area contributed by atoms with Gasteiger partial charge in [0, 0.05) is 37.2 Å². The van der Waals surface area contributed by atoms with Gasteiger partial charge < -0.3 is 4.90 Å². The smallest absolute Gasteiger partial charge is 0.369 e. The third kappa shape index (κ3) is 4.56. The van der Waals surface area contributed by atoms with Crippen molar-refractivity contribution in [2.24, 2.45) is 0 Å². The Morgan fingerprint density at radius 2 is 1.70 bits per heavy atom. The van der Waals surface area contributed by atoms with Crippen LogP contribution in [-0.2, 0) is 12.7 Å². The standard InChI is InChI=1S/C27H25F4N5O/c1-16-5-3-7-20(28)24(16)35-13-8-18(9-14-35)22-17(2)23-25(34-12-11-33-23)36(26(22)37)15-21-19(27(29,30)31)6-4-10-32-21/h3-7,10-12,18H,8-9,13-15H2,1-2H3. The van der Waals surface area contributed by atoms with Crippen LogP contribution in [0, 0.1) is 19.7 Å². The average Bonchev–Trinajstić information content (AvgIpc) is 2.87. The number of alkyl halides is 3. The van der Waals surface area contributed by atoms with Crippen molar-refractivity contribution in [2.45, 2.75) is 45.3 Å². The zero-order valence-corrected chi connectivity index (χ0v) is 20.4. The molecule has 0 spiro atoms. The molecular formula is C27H25F4N5O. The monoisotopic (exact) mass is 511 g/mol. The first-order chi connectivity index (χ1) is 17.7. The molecule has 4 heterocycles. The number of benzene rings is 1. The van der Waals surface area contributed by atoms with Crippen LogP contribution in [0.25, 0.3) is 11.2 Å². The van der Waals surface area contributed by atoms with Crippen molar-refractivity contribution in [3.05, 3.63) is 93.0 Å². The van der Waals surface area contributed by atoms with Gasteiger partial charge in [0.15, 0.2) is 5.65 Å². The lowest BCUT2D eigenvalue weighted by Gasteiger charge is -2.35. The van der Waals surface area contributed by atoms with Gasteiger partial charge >= 0.3 is 6.18 Å². The van der Waals surface area contributed by atoms with E-state index >= 15 is 0 Å². The fourth-order valence-electron chi connectivity index (χ4n) is 5.34. The fourth-order valence-corrected chi connectivity index (χ4v) is 5.34. The molecule has 5 rings (SSSR count). The molecule has 0 radical (unpaired) electrons. The molecule has 0 bridgehead atoms. The van der Waals surface area contributed by atoms with Crippen LogP contribution >= 0.6 is 0 Å². The second-order valence-corrected chi connectivity index (χ2v) is 9.32. The van der Waals surface area contributed by atoms with Gasteiger partial charge in [0.2, 0.25) is 0 Å². The van der Waals surface area contributed by atoms with E-state index in [2.05, 4.69) is 15.0 Å². The Morgan fingerprint density at radius 3 is 2.41 bits per heavy atom. The molecule has 0 unspecified atom stereocenters. The van der Waals surface area contributed by atoms with E-state index in [1.165, 1.54) is 35.3 Å². The fraction of sp³-hybridized carbons (Fsp3) is 0.333. The number of hydrogen-bond acceptors (Lipinski definition) is 5. The van der Waals surface area contributed by atoms with E-state index < -0.39 is 17.3 Å². The van der Waals surface area contributed by atoms with Crippen LogP contribution in [0.1, 0.15) is 46.7 Å². The highest BCUT2D eigenvalue weighted by molar-refractivity contribution is 5.75. The van der Waals surface area contributed by atoms with Gasteiger partial charge in [0.25, 0.3) is 5.56 Å². The molecular weight excluding hydrogens is 486 g/mol. The van der Waals surface area contributed by atoms with Gasteiger partial charge in [-0.3, -0.25) is 19.3 Å². The molecule has 0 aliphatic carbocycles. The van der Waals surface area contributed by atoms with E-state index in [0.29, 0.717) is 48.3 Å². The first-order valence-electron chi connectivity index (χ1n) is 12.0. The van der Waals surface area contributed by atoms with Crippen LogP contribution in [0.2, 0.25) is 0 Å². The summed E-state index contributed by atoms with van der Waals surface area (Å²) in [6.45, 7) is 4.37. The second kappa shape index (κ2) is 9.57. The minimum Gasteiger partial charge on any atom is -0.369 e. The summed E-state index contributed by atoms with van der Waals surface area (Å²) in [5, 5.41) is 0. The predicted molar refractivity (Wildman–Crippen MR) is 132 cm³/mol. The molecule has 6 nitrogen and oxygen atoms in total. The third-order valence-corrected chi connectivity index (χ3v) is 7.08. The van der Waals surface area contributed by atoms with Gasteiger partial charge in [-0.05, 0) is 61.9 Å². The first-order valence-corrected chi connectivity index (χ1v) is 12.0. The van der Waals surface area contributed by atoms with E-state index in [4.69, 9.17) is 0 Å². The maximum absolute atomic E-state index is 14.5. The van der Waals surface area contributed by atoms with Gasteiger partial charge in [0.1, 0.15) is 11.3 Å². The van der Waals surface area contributed by atoms with Gasteiger partial charge in [0.05, 0.1) is 23.5 Å². The Hall–Kier alpha value is -3.82. The molecule has 0 amide bonds. The van der Waals surface area contributed by atoms with Crippen molar-refractivity contribution in [3.63, 3.8) is 0 Å². The molecule has 0 atom stereocenters. The quantitative estimate of drug-likeness (QED) is 0.344. The second-order valence-electron chi connectivity index (χ2n) is 9.32. The molecule has 0 saturated carbocycles. The lowest BCUT2D eigenvalue weighted by Crippen LogP contribution is -2.37. The van der Waals surface area contributed by atoms with E-state index in [-0.39, 0.29) is 29.6 Å². The number of nitrogens with zero attached hydrogens (tertiary/aromatic N) is 5. The van der Waals surface area contributed by atoms with Gasteiger partial charge in [-0.1, -0.05) is 12.1 Å². The topological polar surface area (TPSA) is 63.9 Å². The molecule has 192 valence electrons. The van der Waals surface area contributed by atoms with Crippen molar-refractivity contribution in [1.29, 1.82) is 0 Å². The number of piperidine rings is 1. The summed E-state index contributed by atoms with van der Waals surface area (Å²) in [5.74, 6) is -0.437. The molecule has 0 N–H and O–H groups in total. The number of anilines is 1. The summed E-state index contributed by atoms with van der Waals surface area (Å²) in [6.07, 6.45) is 0.758. The number of aryl methyl sites for hydroxylation is 2. The number of pyridine rings is 2. The van der Waals surface area contributed by atoms with Crippen molar-refractivity contribution < 1.29 is 17.6 Å². The van der Waals surface area contributed by atoms with Gasteiger partial charge in [-0.2, -0.15) is 13.2 Å². The summed E-state index contributed by atoms with van der Waals surface area (Å²) >= 11 is 0. The van der Waals surface area contributed by atoms with E-state index in [1.54, 1.807) is 13.0 Å². The summed E-state index contributed by atoms with van der Waals surface area (Å²) in [6, 6.07) is 7.15. The Kier molecular flexibility index (Phi) is 6.43. The molecule has 4 aromatic rings. The van der Waals surface area contributed by atoms with Crippen molar-refractivity contribution in [3.8, 4) is 0 Å². The normalized spacial score (nSPS) is 14.9. The van der Waals surface area contributed by atoms with Crippen LogP contribution in [-0.4, -0.2) is 32.6 Å². The van der Waals surface area contributed by atoms with Crippen LogP contribution in [0.3, 0.4) is 0 Å². The average molecular weight is 512 g/mol. The molecule has 1 aromatic carbocycles. The van der Waals surface area contributed by atoms with E-state index in [1.807, 2.05) is 17.9 Å². The minimum atomic E-state index is -4.61. The van der Waals surface area contributed by atoms with Crippen LogP contribution in [0.4, 0.5) is 23.2 Å². The van der Waals surface area contributed by atoms with Crippen LogP contribution in [0.15, 0.2) is 53.7 Å². The first kappa shape index (κ1) is 24.9. The van der Waals surface area contributed by atoms with Crippen molar-refractivity contribution >= 4 is 16.9 Å². The molecule has 1 fully saturated rings. The zero-order valence-electron chi connectivity index (χ0n) is 20.4. The Labute approximate surface area is 210 Å². The Morgan fingerprint density at radius 1 is 0.973 bits per heavy atom. The lowest BCUT2D eigenvalue weighted by atomic mass is 9.87. The van der Waals surface area contributed by atoms with Crippen molar-refractivity contribution in [2.75, 3.05) is 18.0 Å². The molecule has 10 heteroatoms. The minimum absolute atomic E-state index is 0.153. The van der Waals surface area contributed by atoms with Crippen LogP contribution in [0.5, 0.6) is 0 Å². The SMILES string of the molecule is Cc1cccc(F)c1N1CCC(c2c(C)c3nccnc3n(Cc3ncccc3C(F)(F)F)c2=O)CC1.